The minimum Gasteiger partial charge on any atom is -0.369 e. The van der Waals surface area contributed by atoms with Crippen molar-refractivity contribution in [3.05, 3.63) is 30.1 Å². The molecule has 1 unspecified atom stereocenters. The number of likely N-dealkylation sites (tertiary alicyclic amines) is 1. The predicted octanol–water partition coefficient (Wildman–Crippen LogP) is 2.83. The number of fused-ring (bicyclic) bond motifs is 1. The van der Waals surface area contributed by atoms with Gasteiger partial charge in [0.1, 0.15) is 17.1 Å². The van der Waals surface area contributed by atoms with E-state index in [0.29, 0.717) is 28.8 Å². The fourth-order valence-electron chi connectivity index (χ4n) is 4.75. The average molecular weight is 363 g/mol. The molecule has 2 aliphatic heterocycles. The van der Waals surface area contributed by atoms with Crippen molar-refractivity contribution in [3.8, 4) is 6.07 Å². The first-order chi connectivity index (χ1) is 13.1. The molecule has 0 radical (unpaired) electrons. The maximum Gasteiger partial charge on any atom is 0.225 e. The molecule has 0 saturated carbocycles. The van der Waals surface area contributed by atoms with Crippen molar-refractivity contribution in [1.82, 2.24) is 14.9 Å². The molecular formula is C21H25N5O. The van der Waals surface area contributed by atoms with E-state index in [1.165, 1.54) is 0 Å². The summed E-state index contributed by atoms with van der Waals surface area (Å²) in [5.74, 6) is 1.52. The van der Waals surface area contributed by atoms with Crippen molar-refractivity contribution in [2.45, 2.75) is 26.2 Å². The summed E-state index contributed by atoms with van der Waals surface area (Å²) in [5.41, 5.74) is 3.06. The van der Waals surface area contributed by atoms with E-state index >= 15 is 0 Å². The molecule has 2 fully saturated rings. The number of rotatable bonds is 3. The van der Waals surface area contributed by atoms with Crippen molar-refractivity contribution < 1.29 is 4.79 Å². The first-order valence-corrected chi connectivity index (χ1v) is 9.70. The van der Waals surface area contributed by atoms with Crippen LogP contribution in [-0.2, 0) is 4.79 Å². The number of piperidine rings is 1. The van der Waals surface area contributed by atoms with Gasteiger partial charge >= 0.3 is 0 Å². The van der Waals surface area contributed by atoms with Crippen LogP contribution in [0.25, 0.3) is 11.0 Å². The van der Waals surface area contributed by atoms with Crippen LogP contribution < -0.4 is 4.90 Å². The van der Waals surface area contributed by atoms with E-state index in [9.17, 15) is 10.1 Å². The van der Waals surface area contributed by atoms with Crippen LogP contribution in [0.1, 0.15) is 31.7 Å². The Balaban J connectivity index is 1.60. The van der Waals surface area contributed by atoms with Gasteiger partial charge in [0.2, 0.25) is 5.91 Å². The summed E-state index contributed by atoms with van der Waals surface area (Å²) in [7, 11) is 1.90. The van der Waals surface area contributed by atoms with Crippen LogP contribution in [0, 0.1) is 29.1 Å². The van der Waals surface area contributed by atoms with Crippen LogP contribution >= 0.6 is 0 Å². The molecule has 3 atom stereocenters. The highest BCUT2D eigenvalue weighted by Gasteiger charge is 2.34. The molecule has 0 bridgehead atoms. The molecule has 1 aromatic carbocycles. The van der Waals surface area contributed by atoms with E-state index in [1.54, 1.807) is 12.4 Å². The number of hydrogen-bond acceptors (Lipinski definition) is 5. The molecule has 27 heavy (non-hydrogen) atoms. The number of nitriles is 1. The third-order valence-electron chi connectivity index (χ3n) is 5.97. The number of anilines is 1. The van der Waals surface area contributed by atoms with Crippen molar-refractivity contribution in [2.75, 3.05) is 31.6 Å². The highest BCUT2D eigenvalue weighted by atomic mass is 16.2. The highest BCUT2D eigenvalue weighted by molar-refractivity contribution is 5.92. The quantitative estimate of drug-likeness (QED) is 0.838. The second kappa shape index (κ2) is 7.15. The van der Waals surface area contributed by atoms with Gasteiger partial charge in [-0.1, -0.05) is 6.92 Å². The number of nitrogens with zero attached hydrogens (tertiary/aromatic N) is 5. The van der Waals surface area contributed by atoms with Crippen LogP contribution in [0.4, 0.5) is 5.69 Å². The first kappa shape index (κ1) is 17.7. The Morgan fingerprint density at radius 3 is 2.70 bits per heavy atom. The van der Waals surface area contributed by atoms with E-state index in [2.05, 4.69) is 27.9 Å². The van der Waals surface area contributed by atoms with Gasteiger partial charge in [-0.25, -0.2) is 0 Å². The molecule has 1 amide bonds. The van der Waals surface area contributed by atoms with E-state index in [0.717, 1.165) is 50.1 Å². The molecule has 0 aliphatic carbocycles. The van der Waals surface area contributed by atoms with Gasteiger partial charge in [-0.05, 0) is 43.2 Å². The van der Waals surface area contributed by atoms with Crippen LogP contribution in [0.2, 0.25) is 0 Å². The summed E-state index contributed by atoms with van der Waals surface area (Å²) in [4.78, 5) is 25.5. The molecule has 2 saturated heterocycles. The number of carbonyl (C=O) groups is 1. The fourth-order valence-corrected chi connectivity index (χ4v) is 4.75. The zero-order valence-electron chi connectivity index (χ0n) is 15.9. The Labute approximate surface area is 159 Å². The summed E-state index contributed by atoms with van der Waals surface area (Å²) in [5, 5.41) is 9.36. The molecule has 4 rings (SSSR count). The van der Waals surface area contributed by atoms with Crippen molar-refractivity contribution in [2.24, 2.45) is 17.8 Å². The van der Waals surface area contributed by atoms with Crippen LogP contribution in [0.15, 0.2) is 24.5 Å². The molecule has 0 spiro atoms. The maximum absolute atomic E-state index is 12.3. The number of hydrogen-bond donors (Lipinski definition) is 0. The molecule has 6 nitrogen and oxygen atoms in total. The van der Waals surface area contributed by atoms with Crippen LogP contribution in [0.3, 0.4) is 0 Å². The van der Waals surface area contributed by atoms with Crippen LogP contribution in [-0.4, -0.2) is 47.5 Å². The lowest BCUT2D eigenvalue weighted by molar-refractivity contribution is -0.130. The smallest absolute Gasteiger partial charge is 0.225 e. The summed E-state index contributed by atoms with van der Waals surface area (Å²) < 4.78 is 0. The Hall–Kier alpha value is -2.68. The second-order valence-electron chi connectivity index (χ2n) is 8.09. The number of aromatic nitrogens is 2. The molecule has 140 valence electrons. The van der Waals surface area contributed by atoms with Gasteiger partial charge < -0.3 is 9.80 Å². The van der Waals surface area contributed by atoms with E-state index in [-0.39, 0.29) is 5.92 Å². The Morgan fingerprint density at radius 1 is 1.22 bits per heavy atom. The van der Waals surface area contributed by atoms with E-state index in [1.807, 2.05) is 24.1 Å². The normalized spacial score (nSPS) is 25.8. The largest absolute Gasteiger partial charge is 0.369 e. The minimum atomic E-state index is 0.171. The number of carbonyl (C=O) groups excluding carboxylic acids is 1. The molecule has 1 aromatic heterocycles. The average Bonchev–Trinajstić information content (AvgIpc) is 2.98. The SMILES string of the molecule is C[C@H]1C[C@@H](CC2CCN(C)C2=O)CN(c2ccc(C#N)c3nccnc23)C1. The third kappa shape index (κ3) is 3.34. The van der Waals surface area contributed by atoms with Gasteiger partial charge in [-0.2, -0.15) is 5.26 Å². The number of benzene rings is 1. The van der Waals surface area contributed by atoms with Gasteiger partial charge in [-0.15, -0.1) is 0 Å². The van der Waals surface area contributed by atoms with Gasteiger partial charge in [-0.3, -0.25) is 14.8 Å². The third-order valence-corrected chi connectivity index (χ3v) is 5.97. The molecular weight excluding hydrogens is 338 g/mol. The van der Waals surface area contributed by atoms with E-state index in [4.69, 9.17) is 0 Å². The topological polar surface area (TPSA) is 73.1 Å². The Morgan fingerprint density at radius 2 is 2.00 bits per heavy atom. The minimum absolute atomic E-state index is 0.171. The summed E-state index contributed by atoms with van der Waals surface area (Å²) in [6, 6.07) is 6.05. The Kier molecular flexibility index (Phi) is 4.69. The number of amides is 1. The monoisotopic (exact) mass is 363 g/mol. The second-order valence-corrected chi connectivity index (χ2v) is 8.09. The fraction of sp³-hybridized carbons (Fsp3) is 0.524. The summed E-state index contributed by atoms with van der Waals surface area (Å²) in [6.07, 6.45) is 6.42. The van der Waals surface area contributed by atoms with Gasteiger partial charge in [0, 0.05) is 45.0 Å². The molecule has 0 N–H and O–H groups in total. The highest BCUT2D eigenvalue weighted by Crippen LogP contribution is 2.35. The lowest BCUT2D eigenvalue weighted by Gasteiger charge is -2.39. The molecule has 2 aromatic rings. The predicted molar refractivity (Wildman–Crippen MR) is 104 cm³/mol. The maximum atomic E-state index is 12.3. The van der Waals surface area contributed by atoms with Gasteiger partial charge in [0.15, 0.2) is 0 Å². The lowest BCUT2D eigenvalue weighted by atomic mass is 9.83. The zero-order chi connectivity index (χ0) is 19.0. The van der Waals surface area contributed by atoms with Crippen molar-refractivity contribution in [3.63, 3.8) is 0 Å². The van der Waals surface area contributed by atoms with Crippen LogP contribution in [0.5, 0.6) is 0 Å². The lowest BCUT2D eigenvalue weighted by Crippen LogP contribution is -2.41. The molecule has 3 heterocycles. The zero-order valence-corrected chi connectivity index (χ0v) is 15.9. The Bertz CT molecular complexity index is 905. The van der Waals surface area contributed by atoms with E-state index < -0.39 is 0 Å². The standard InChI is InChI=1S/C21H25N5O/c1-14-9-15(10-16-5-8-25(2)21(16)27)13-26(12-14)18-4-3-17(11-22)19-20(18)24-7-6-23-19/h3-4,6-7,14-16H,5,8-10,12-13H2,1-2H3/t14-,15-,16?/m0/s1. The summed E-state index contributed by atoms with van der Waals surface area (Å²) >= 11 is 0. The van der Waals surface area contributed by atoms with Crippen molar-refractivity contribution >= 4 is 22.6 Å². The van der Waals surface area contributed by atoms with Gasteiger partial charge in [0.25, 0.3) is 0 Å². The van der Waals surface area contributed by atoms with Gasteiger partial charge in [0.05, 0.1) is 11.3 Å². The summed E-state index contributed by atoms with van der Waals surface area (Å²) in [6.45, 7) is 5.05. The van der Waals surface area contributed by atoms with Crippen molar-refractivity contribution in [1.29, 1.82) is 5.26 Å². The molecule has 6 heteroatoms. The first-order valence-electron chi connectivity index (χ1n) is 9.70. The molecule has 2 aliphatic rings.